The van der Waals surface area contributed by atoms with Gasteiger partial charge in [-0.1, -0.05) is 46.3 Å². The maximum Gasteiger partial charge on any atom is 0.0615 e. The minimum absolute atomic E-state index is 0.0996. The van der Waals surface area contributed by atoms with E-state index in [1.54, 1.807) is 17.1 Å². The molecular weight excluding hydrogens is 180 g/mol. The summed E-state index contributed by atoms with van der Waals surface area (Å²) in [7, 11) is 0. The summed E-state index contributed by atoms with van der Waals surface area (Å²) in [5, 5.41) is 8.27. The largest absolute Gasteiger partial charge is 0.392 e. The van der Waals surface area contributed by atoms with Crippen molar-refractivity contribution >= 4 is 15.9 Å². The molecule has 1 N–H and O–H groups in total. The Bertz CT molecular complexity index is 125. The highest BCUT2D eigenvalue weighted by atomic mass is 79.9. The van der Waals surface area contributed by atoms with E-state index < -0.39 is 0 Å². The number of halogens is 1. The molecule has 1 nitrogen and oxygen atoms in total. The molecule has 0 unspecified atom stereocenters. The molecule has 0 aliphatic heterocycles. The van der Waals surface area contributed by atoms with Crippen molar-refractivity contribution in [2.45, 2.75) is 0 Å². The second kappa shape index (κ2) is 7.66. The average Bonchev–Trinajstić information content (AvgIpc) is 1.89. The van der Waals surface area contributed by atoms with Crippen LogP contribution in [0.3, 0.4) is 0 Å². The lowest BCUT2D eigenvalue weighted by atomic mass is 10.4. The summed E-state index contributed by atoms with van der Waals surface area (Å²) >= 11 is 3.11. The molecule has 0 aliphatic rings. The third-order valence-corrected chi connectivity index (χ3v) is 0.953. The molecular formula is C7H9BrO. The van der Waals surface area contributed by atoms with Gasteiger partial charge in [0.15, 0.2) is 0 Å². The van der Waals surface area contributed by atoms with Crippen LogP contribution in [0, 0.1) is 0 Å². The molecule has 0 rings (SSSR count). The first kappa shape index (κ1) is 8.66. The van der Waals surface area contributed by atoms with Crippen LogP contribution in [-0.4, -0.2) is 11.7 Å². The first-order chi connectivity index (χ1) is 4.41. The molecule has 0 aromatic heterocycles. The number of hydrogen-bond acceptors (Lipinski definition) is 1. The molecule has 0 aromatic rings. The Morgan fingerprint density at radius 2 is 1.78 bits per heavy atom. The van der Waals surface area contributed by atoms with Gasteiger partial charge in [-0.15, -0.1) is 0 Å². The summed E-state index contributed by atoms with van der Waals surface area (Å²) in [6.07, 6.45) is 9.00. The monoisotopic (exact) mass is 188 g/mol. The molecule has 0 bridgehead atoms. The third kappa shape index (κ3) is 7.66. The number of rotatable bonds is 3. The van der Waals surface area contributed by atoms with Crippen molar-refractivity contribution in [3.63, 3.8) is 0 Å². The lowest BCUT2D eigenvalue weighted by Crippen LogP contribution is -1.66. The summed E-state index contributed by atoms with van der Waals surface area (Å²) in [5.74, 6) is 0. The summed E-state index contributed by atoms with van der Waals surface area (Å²) in [6.45, 7) is 0.0996. The molecule has 0 fully saturated rings. The molecule has 0 spiro atoms. The predicted octanol–water partition coefficient (Wildman–Crippen LogP) is 2.00. The van der Waals surface area contributed by atoms with E-state index in [0.29, 0.717) is 0 Å². The van der Waals surface area contributed by atoms with Crippen LogP contribution in [-0.2, 0) is 0 Å². The minimum Gasteiger partial charge on any atom is -0.392 e. The van der Waals surface area contributed by atoms with Gasteiger partial charge in [0.05, 0.1) is 6.61 Å². The van der Waals surface area contributed by atoms with Crippen molar-refractivity contribution in [3.05, 3.63) is 35.4 Å². The fraction of sp³-hybridized carbons (Fsp3) is 0.143. The third-order valence-electron chi connectivity index (χ3n) is 0.648. The zero-order chi connectivity index (χ0) is 6.95. The quantitative estimate of drug-likeness (QED) is 0.673. The highest BCUT2D eigenvalue weighted by Gasteiger charge is 1.61. The van der Waals surface area contributed by atoms with Crippen LogP contribution in [0.5, 0.6) is 0 Å². The smallest absolute Gasteiger partial charge is 0.0615 e. The zero-order valence-corrected chi connectivity index (χ0v) is 6.58. The predicted molar refractivity (Wildman–Crippen MR) is 43.4 cm³/mol. The van der Waals surface area contributed by atoms with Gasteiger partial charge in [0.1, 0.15) is 0 Å². The fourth-order valence-corrected chi connectivity index (χ4v) is 0.486. The van der Waals surface area contributed by atoms with E-state index in [1.165, 1.54) is 0 Å². The Balaban J connectivity index is 3.35. The number of hydrogen-bond donors (Lipinski definition) is 1. The number of aliphatic hydroxyl groups excluding tert-OH is 1. The first-order valence-corrected chi connectivity index (χ1v) is 3.53. The normalized spacial score (nSPS) is 12.7. The second-order valence-corrected chi connectivity index (χ2v) is 1.84. The van der Waals surface area contributed by atoms with Gasteiger partial charge in [-0.2, -0.15) is 0 Å². The Labute approximate surface area is 63.5 Å². The summed E-state index contributed by atoms with van der Waals surface area (Å²) < 4.78 is 0. The van der Waals surface area contributed by atoms with Gasteiger partial charge in [-0.25, -0.2) is 0 Å². The van der Waals surface area contributed by atoms with Gasteiger partial charge in [-0.05, 0) is 4.99 Å². The van der Waals surface area contributed by atoms with Crippen molar-refractivity contribution in [1.29, 1.82) is 0 Å². The van der Waals surface area contributed by atoms with Crippen molar-refractivity contribution in [3.8, 4) is 0 Å². The highest BCUT2D eigenvalue weighted by molar-refractivity contribution is 9.11. The van der Waals surface area contributed by atoms with E-state index in [-0.39, 0.29) is 6.61 Å². The topological polar surface area (TPSA) is 20.2 Å². The molecule has 0 aromatic carbocycles. The molecule has 0 saturated carbocycles. The Kier molecular flexibility index (Phi) is 7.37. The van der Waals surface area contributed by atoms with Crippen molar-refractivity contribution in [1.82, 2.24) is 0 Å². The van der Waals surface area contributed by atoms with Crippen LogP contribution in [0.4, 0.5) is 0 Å². The van der Waals surface area contributed by atoms with Crippen LogP contribution in [0.15, 0.2) is 35.4 Å². The molecule has 0 atom stereocenters. The highest BCUT2D eigenvalue weighted by Crippen LogP contribution is 1.84. The van der Waals surface area contributed by atoms with E-state index in [1.807, 2.05) is 18.2 Å². The van der Waals surface area contributed by atoms with Gasteiger partial charge in [-0.3, -0.25) is 0 Å². The second-order valence-electron chi connectivity index (χ2n) is 1.31. The Hall–Kier alpha value is -0.340. The van der Waals surface area contributed by atoms with Crippen molar-refractivity contribution < 1.29 is 5.11 Å². The van der Waals surface area contributed by atoms with Crippen LogP contribution in [0.1, 0.15) is 0 Å². The number of allylic oxidation sites excluding steroid dienone is 4. The molecule has 0 amide bonds. The standard InChI is InChI=1S/C7H9BrO/c8-6-4-2-1-3-5-7-9/h1-6,9H,7H2/b2-1+,5-3+,6-4+. The Morgan fingerprint density at radius 3 is 2.33 bits per heavy atom. The molecule has 0 aliphatic carbocycles. The molecule has 50 valence electrons. The number of aliphatic hydroxyl groups is 1. The zero-order valence-electron chi connectivity index (χ0n) is 5.00. The first-order valence-electron chi connectivity index (χ1n) is 2.61. The van der Waals surface area contributed by atoms with E-state index in [9.17, 15) is 0 Å². The van der Waals surface area contributed by atoms with Gasteiger partial charge in [0.25, 0.3) is 0 Å². The van der Waals surface area contributed by atoms with Crippen molar-refractivity contribution in [2.75, 3.05) is 6.61 Å². The summed E-state index contributed by atoms with van der Waals surface area (Å²) in [5.41, 5.74) is 0. The summed E-state index contributed by atoms with van der Waals surface area (Å²) in [6, 6.07) is 0. The van der Waals surface area contributed by atoms with Crippen molar-refractivity contribution in [2.24, 2.45) is 0 Å². The van der Waals surface area contributed by atoms with Gasteiger partial charge in [0.2, 0.25) is 0 Å². The van der Waals surface area contributed by atoms with Gasteiger partial charge >= 0.3 is 0 Å². The van der Waals surface area contributed by atoms with Crippen LogP contribution in [0.25, 0.3) is 0 Å². The van der Waals surface area contributed by atoms with Gasteiger partial charge < -0.3 is 5.11 Å². The Morgan fingerprint density at radius 1 is 1.11 bits per heavy atom. The molecule has 0 radical (unpaired) electrons. The maximum atomic E-state index is 8.27. The van der Waals surface area contributed by atoms with Crippen LogP contribution >= 0.6 is 15.9 Å². The van der Waals surface area contributed by atoms with Gasteiger partial charge in [0, 0.05) is 0 Å². The average molecular weight is 189 g/mol. The van der Waals surface area contributed by atoms with Crippen LogP contribution < -0.4 is 0 Å². The molecule has 2 heteroatoms. The summed E-state index contributed by atoms with van der Waals surface area (Å²) in [4.78, 5) is 1.76. The molecule has 9 heavy (non-hydrogen) atoms. The molecule has 0 heterocycles. The minimum atomic E-state index is 0.0996. The van der Waals surface area contributed by atoms with E-state index >= 15 is 0 Å². The van der Waals surface area contributed by atoms with Crippen LogP contribution in [0.2, 0.25) is 0 Å². The lowest BCUT2D eigenvalue weighted by molar-refractivity contribution is 0.343. The van der Waals surface area contributed by atoms with E-state index in [4.69, 9.17) is 5.11 Å². The maximum absolute atomic E-state index is 8.27. The lowest BCUT2D eigenvalue weighted by Gasteiger charge is -1.72. The van der Waals surface area contributed by atoms with E-state index in [2.05, 4.69) is 15.9 Å². The fourth-order valence-electron chi connectivity index (χ4n) is 0.310. The van der Waals surface area contributed by atoms with E-state index in [0.717, 1.165) is 0 Å². The molecule has 0 saturated heterocycles. The SMILES string of the molecule is OC/C=C/C=C/C=C/Br.